The number of nitrogens with two attached hydrogens (primary N) is 1. The van der Waals surface area contributed by atoms with E-state index in [4.69, 9.17) is 5.73 Å². The molecule has 0 spiro atoms. The van der Waals surface area contributed by atoms with Gasteiger partial charge in [-0.1, -0.05) is 6.92 Å². The lowest BCUT2D eigenvalue weighted by Crippen LogP contribution is -2.54. The minimum Gasteiger partial charge on any atom is -0.390 e. The molecule has 88 valence electrons. The normalized spacial score (nSPS) is 52.6. The van der Waals surface area contributed by atoms with Crippen LogP contribution in [0.25, 0.3) is 0 Å². The Kier molecular flexibility index (Phi) is 2.63. The molecule has 0 aliphatic heterocycles. The van der Waals surface area contributed by atoms with Crippen molar-refractivity contribution in [2.24, 2.45) is 23.0 Å². The summed E-state index contributed by atoms with van der Waals surface area (Å²) in [6.07, 6.45) is 5.61. The van der Waals surface area contributed by atoms with Gasteiger partial charge in [-0.25, -0.2) is 0 Å². The van der Waals surface area contributed by atoms with Gasteiger partial charge in [0.05, 0.1) is 5.60 Å². The van der Waals surface area contributed by atoms with Gasteiger partial charge in [0.2, 0.25) is 0 Å². The fourth-order valence-electron chi connectivity index (χ4n) is 4.37. The summed E-state index contributed by atoms with van der Waals surface area (Å²) in [6, 6.07) is 0.217. The average molecular weight is 211 g/mol. The van der Waals surface area contributed by atoms with Gasteiger partial charge in [-0.05, 0) is 63.2 Å². The maximum absolute atomic E-state index is 10.3. The van der Waals surface area contributed by atoms with Crippen LogP contribution in [0.15, 0.2) is 0 Å². The summed E-state index contributed by atoms with van der Waals surface area (Å²) in [5.74, 6) is 1.48. The lowest BCUT2D eigenvalue weighted by Gasteiger charge is -2.54. The highest BCUT2D eigenvalue weighted by molar-refractivity contribution is 5.03. The fraction of sp³-hybridized carbons (Fsp3) is 1.00. The molecule has 15 heavy (non-hydrogen) atoms. The van der Waals surface area contributed by atoms with Crippen LogP contribution < -0.4 is 5.73 Å². The van der Waals surface area contributed by atoms with Crippen molar-refractivity contribution in [2.45, 2.75) is 64.5 Å². The predicted octanol–water partition coefficient (Wildman–Crippen LogP) is 2.30. The van der Waals surface area contributed by atoms with Crippen molar-refractivity contribution in [1.29, 1.82) is 0 Å². The molecule has 2 bridgehead atoms. The van der Waals surface area contributed by atoms with Gasteiger partial charge in [0.15, 0.2) is 0 Å². The topological polar surface area (TPSA) is 46.2 Å². The Bertz CT molecular complexity index is 245. The van der Waals surface area contributed by atoms with Gasteiger partial charge in [0.25, 0.3) is 0 Å². The molecule has 0 aromatic rings. The van der Waals surface area contributed by atoms with Crippen LogP contribution in [0.3, 0.4) is 0 Å². The maximum atomic E-state index is 10.3. The molecule has 3 N–H and O–H groups in total. The van der Waals surface area contributed by atoms with Gasteiger partial charge in [0.1, 0.15) is 0 Å². The molecule has 2 rings (SSSR count). The second-order valence-electron chi connectivity index (χ2n) is 6.64. The van der Waals surface area contributed by atoms with Crippen LogP contribution >= 0.6 is 0 Å². The first-order valence-electron chi connectivity index (χ1n) is 6.31. The molecule has 2 heteroatoms. The van der Waals surface area contributed by atoms with E-state index in [2.05, 4.69) is 13.8 Å². The predicted molar refractivity (Wildman–Crippen MR) is 62.4 cm³/mol. The Morgan fingerprint density at radius 1 is 1.33 bits per heavy atom. The molecule has 2 aliphatic rings. The van der Waals surface area contributed by atoms with Crippen molar-refractivity contribution in [3.05, 3.63) is 0 Å². The van der Waals surface area contributed by atoms with E-state index in [0.29, 0.717) is 5.92 Å². The Balaban J connectivity index is 2.25. The smallest absolute Gasteiger partial charge is 0.0628 e. The molecule has 5 atom stereocenters. The highest BCUT2D eigenvalue weighted by Gasteiger charge is 2.50. The lowest BCUT2D eigenvalue weighted by molar-refractivity contribution is -0.0983. The molecule has 2 saturated carbocycles. The summed E-state index contributed by atoms with van der Waals surface area (Å²) < 4.78 is 0. The Hall–Kier alpha value is -0.0800. The SMILES string of the molecule is CC1CC2CC(C)(O)CC(C(C)N)(C1)C2. The van der Waals surface area contributed by atoms with Crippen molar-refractivity contribution in [2.75, 3.05) is 0 Å². The molecule has 5 unspecified atom stereocenters. The van der Waals surface area contributed by atoms with Crippen LogP contribution in [-0.4, -0.2) is 16.7 Å². The minimum atomic E-state index is -0.476. The van der Waals surface area contributed by atoms with E-state index in [0.717, 1.165) is 18.8 Å². The lowest BCUT2D eigenvalue weighted by atomic mass is 9.53. The zero-order valence-electron chi connectivity index (χ0n) is 10.3. The Morgan fingerprint density at radius 3 is 2.60 bits per heavy atom. The molecule has 2 aliphatic carbocycles. The monoisotopic (exact) mass is 211 g/mol. The standard InChI is InChI=1S/C13H25NO/c1-9-4-11-6-12(3,15)8-13(5-9,7-11)10(2)14/h9-11,15H,4-8,14H2,1-3H3. The highest BCUT2D eigenvalue weighted by Crippen LogP contribution is 2.55. The van der Waals surface area contributed by atoms with Gasteiger partial charge >= 0.3 is 0 Å². The molecule has 0 radical (unpaired) electrons. The largest absolute Gasteiger partial charge is 0.390 e. The first-order chi connectivity index (χ1) is 6.83. The summed E-state index contributed by atoms with van der Waals surface area (Å²) in [6.45, 7) is 6.45. The average Bonchev–Trinajstić information content (AvgIpc) is 1.97. The van der Waals surface area contributed by atoms with Gasteiger partial charge in [-0.2, -0.15) is 0 Å². The summed E-state index contributed by atoms with van der Waals surface area (Å²) in [7, 11) is 0. The first-order valence-corrected chi connectivity index (χ1v) is 6.31. The fourth-order valence-corrected chi connectivity index (χ4v) is 4.37. The van der Waals surface area contributed by atoms with Crippen molar-refractivity contribution in [3.8, 4) is 0 Å². The molecule has 0 amide bonds. The van der Waals surface area contributed by atoms with E-state index in [1.807, 2.05) is 6.92 Å². The molecule has 0 aromatic carbocycles. The zero-order valence-corrected chi connectivity index (χ0v) is 10.3. The summed E-state index contributed by atoms with van der Waals surface area (Å²) in [4.78, 5) is 0. The van der Waals surface area contributed by atoms with Crippen LogP contribution in [0.4, 0.5) is 0 Å². The van der Waals surface area contributed by atoms with E-state index in [9.17, 15) is 5.11 Å². The molecular weight excluding hydrogens is 186 g/mol. The van der Waals surface area contributed by atoms with E-state index in [1.54, 1.807) is 0 Å². The molecule has 0 aromatic heterocycles. The molecule has 0 saturated heterocycles. The number of fused-ring (bicyclic) bond motifs is 2. The number of aliphatic hydroxyl groups is 1. The summed E-state index contributed by atoms with van der Waals surface area (Å²) >= 11 is 0. The quantitative estimate of drug-likeness (QED) is 0.699. The van der Waals surface area contributed by atoms with Crippen molar-refractivity contribution >= 4 is 0 Å². The van der Waals surface area contributed by atoms with Crippen LogP contribution in [0.5, 0.6) is 0 Å². The molecular formula is C13H25NO. The third kappa shape index (κ3) is 2.07. The van der Waals surface area contributed by atoms with Gasteiger partial charge in [-0.15, -0.1) is 0 Å². The highest BCUT2D eigenvalue weighted by atomic mass is 16.3. The van der Waals surface area contributed by atoms with Crippen molar-refractivity contribution in [3.63, 3.8) is 0 Å². The van der Waals surface area contributed by atoms with Gasteiger partial charge in [-0.3, -0.25) is 0 Å². The van der Waals surface area contributed by atoms with E-state index >= 15 is 0 Å². The Labute approximate surface area is 93.2 Å². The van der Waals surface area contributed by atoms with Crippen molar-refractivity contribution in [1.82, 2.24) is 0 Å². The molecule has 2 fully saturated rings. The van der Waals surface area contributed by atoms with Crippen molar-refractivity contribution < 1.29 is 5.11 Å². The van der Waals surface area contributed by atoms with E-state index in [1.165, 1.54) is 19.3 Å². The first kappa shape index (κ1) is 11.4. The van der Waals surface area contributed by atoms with E-state index < -0.39 is 5.60 Å². The van der Waals surface area contributed by atoms with Gasteiger partial charge < -0.3 is 10.8 Å². The van der Waals surface area contributed by atoms with Gasteiger partial charge in [0, 0.05) is 6.04 Å². The van der Waals surface area contributed by atoms with Crippen LogP contribution in [0.2, 0.25) is 0 Å². The number of rotatable bonds is 1. The van der Waals surface area contributed by atoms with E-state index in [-0.39, 0.29) is 11.5 Å². The third-order valence-corrected chi connectivity index (χ3v) is 4.61. The zero-order chi connectivity index (χ0) is 11.3. The molecule has 0 heterocycles. The minimum absolute atomic E-state index is 0.212. The third-order valence-electron chi connectivity index (χ3n) is 4.61. The second-order valence-corrected chi connectivity index (χ2v) is 6.64. The Morgan fingerprint density at radius 2 is 2.00 bits per heavy atom. The number of hydrogen-bond donors (Lipinski definition) is 2. The second kappa shape index (κ2) is 3.46. The van der Waals surface area contributed by atoms with Crippen LogP contribution in [0, 0.1) is 17.3 Å². The summed E-state index contributed by atoms with van der Waals surface area (Å²) in [5.41, 5.74) is 5.92. The van der Waals surface area contributed by atoms with Crippen LogP contribution in [0.1, 0.15) is 52.9 Å². The van der Waals surface area contributed by atoms with Crippen LogP contribution in [-0.2, 0) is 0 Å². The number of hydrogen-bond acceptors (Lipinski definition) is 2. The summed E-state index contributed by atoms with van der Waals surface area (Å²) in [5, 5.41) is 10.3. The molecule has 2 nitrogen and oxygen atoms in total. The maximum Gasteiger partial charge on any atom is 0.0628 e.